The van der Waals surface area contributed by atoms with Gasteiger partial charge in [-0.15, -0.1) is 0 Å². The average Bonchev–Trinajstić information content (AvgIpc) is 2.36. The molecule has 1 N–H and O–H groups in total. The van der Waals surface area contributed by atoms with Crippen LogP contribution in [0.1, 0.15) is 56.1 Å². The number of pyridine rings is 1. The highest BCUT2D eigenvalue weighted by Gasteiger charge is 2.25. The zero-order chi connectivity index (χ0) is 14.7. The molecule has 1 aliphatic rings. The Bertz CT molecular complexity index is 479. The molecule has 2 unspecified atom stereocenters. The molecule has 20 heavy (non-hydrogen) atoms. The van der Waals surface area contributed by atoms with E-state index in [-0.39, 0.29) is 11.9 Å². The van der Waals surface area contributed by atoms with Gasteiger partial charge in [-0.2, -0.15) is 0 Å². The summed E-state index contributed by atoms with van der Waals surface area (Å²) in [6.07, 6.45) is 4.16. The number of halogens is 1. The predicted octanol–water partition coefficient (Wildman–Crippen LogP) is 3.85. The number of hydrogen-bond donors (Lipinski definition) is 1. The minimum Gasteiger partial charge on any atom is -0.349 e. The number of amides is 1. The van der Waals surface area contributed by atoms with Gasteiger partial charge < -0.3 is 5.32 Å². The number of nitrogens with one attached hydrogen (secondary N) is 1. The Hall–Kier alpha value is -1.09. The molecule has 0 bridgehead atoms. The van der Waals surface area contributed by atoms with Gasteiger partial charge in [0.25, 0.3) is 5.91 Å². The number of rotatable bonds is 3. The number of aryl methyl sites for hydroxylation is 1. The highest BCUT2D eigenvalue weighted by Crippen LogP contribution is 2.28. The topological polar surface area (TPSA) is 42.0 Å². The fraction of sp³-hybridized carbons (Fsp3) is 0.625. The molecule has 1 heterocycles. The summed E-state index contributed by atoms with van der Waals surface area (Å²) in [5, 5.41) is 3.54. The average molecular weight is 295 g/mol. The largest absolute Gasteiger partial charge is 0.349 e. The molecule has 110 valence electrons. The third-order valence-corrected chi connectivity index (χ3v) is 4.18. The summed E-state index contributed by atoms with van der Waals surface area (Å²) >= 11 is 5.97. The van der Waals surface area contributed by atoms with Crippen LogP contribution in [0.15, 0.2) is 12.1 Å². The van der Waals surface area contributed by atoms with Gasteiger partial charge in [-0.3, -0.25) is 4.79 Å². The lowest BCUT2D eigenvalue weighted by atomic mass is 9.80. The highest BCUT2D eigenvalue weighted by molar-refractivity contribution is 6.29. The Morgan fingerprint density at radius 3 is 2.55 bits per heavy atom. The summed E-state index contributed by atoms with van der Waals surface area (Å²) in [7, 11) is 0. The van der Waals surface area contributed by atoms with Gasteiger partial charge in [0.1, 0.15) is 5.15 Å². The molecule has 1 aliphatic carbocycles. The van der Waals surface area contributed by atoms with Gasteiger partial charge >= 0.3 is 0 Å². The first-order chi connectivity index (χ1) is 9.47. The van der Waals surface area contributed by atoms with E-state index in [4.69, 9.17) is 11.6 Å². The molecule has 1 aromatic heterocycles. The third-order valence-electron chi connectivity index (χ3n) is 3.99. The van der Waals surface area contributed by atoms with Gasteiger partial charge in [0, 0.05) is 17.3 Å². The first-order valence-corrected chi connectivity index (χ1v) is 7.83. The van der Waals surface area contributed by atoms with Crippen molar-refractivity contribution < 1.29 is 4.79 Å². The molecule has 2 rings (SSSR count). The molecule has 4 heteroatoms. The van der Waals surface area contributed by atoms with Crippen LogP contribution < -0.4 is 5.32 Å². The summed E-state index contributed by atoms with van der Waals surface area (Å²) in [6, 6.07) is 3.75. The maximum Gasteiger partial charge on any atom is 0.251 e. The maximum absolute atomic E-state index is 12.3. The van der Waals surface area contributed by atoms with E-state index in [9.17, 15) is 4.79 Å². The summed E-state index contributed by atoms with van der Waals surface area (Å²) < 4.78 is 0. The van der Waals surface area contributed by atoms with Gasteiger partial charge in [0.15, 0.2) is 0 Å². The molecule has 1 saturated carbocycles. The minimum atomic E-state index is -0.0321. The quantitative estimate of drug-likeness (QED) is 0.860. The van der Waals surface area contributed by atoms with Gasteiger partial charge in [0.2, 0.25) is 0 Å². The minimum absolute atomic E-state index is 0.0321. The van der Waals surface area contributed by atoms with Gasteiger partial charge in [0.05, 0.1) is 0 Å². The lowest BCUT2D eigenvalue weighted by Crippen LogP contribution is -2.40. The highest BCUT2D eigenvalue weighted by atomic mass is 35.5. The summed E-state index contributed by atoms with van der Waals surface area (Å²) in [4.78, 5) is 16.5. The van der Waals surface area contributed by atoms with Crippen molar-refractivity contribution in [3.8, 4) is 0 Å². The van der Waals surface area contributed by atoms with E-state index >= 15 is 0 Å². The molecule has 1 fully saturated rings. The molecule has 0 spiro atoms. The SMILES string of the molecule is CCc1cc(C(=O)NC2CC(C)CC(C)C2)cc(Cl)n1. The van der Waals surface area contributed by atoms with E-state index in [1.54, 1.807) is 6.07 Å². The van der Waals surface area contributed by atoms with E-state index in [0.29, 0.717) is 22.6 Å². The molecule has 1 aromatic rings. The van der Waals surface area contributed by atoms with Crippen LogP contribution in [0, 0.1) is 11.8 Å². The van der Waals surface area contributed by atoms with Crippen molar-refractivity contribution in [1.29, 1.82) is 0 Å². The second-order valence-corrected chi connectivity index (χ2v) is 6.50. The monoisotopic (exact) mass is 294 g/mol. The van der Waals surface area contributed by atoms with E-state index < -0.39 is 0 Å². The van der Waals surface area contributed by atoms with Gasteiger partial charge in [-0.1, -0.05) is 32.4 Å². The number of aromatic nitrogens is 1. The second-order valence-electron chi connectivity index (χ2n) is 6.11. The molecule has 0 aliphatic heterocycles. The van der Waals surface area contributed by atoms with E-state index in [1.807, 2.05) is 13.0 Å². The van der Waals surface area contributed by atoms with Crippen LogP contribution in [0.2, 0.25) is 5.15 Å². The predicted molar refractivity (Wildman–Crippen MR) is 82.1 cm³/mol. The first kappa shape index (κ1) is 15.3. The number of hydrogen-bond acceptors (Lipinski definition) is 2. The zero-order valence-corrected chi connectivity index (χ0v) is 13.2. The van der Waals surface area contributed by atoms with Crippen molar-refractivity contribution in [2.24, 2.45) is 11.8 Å². The number of carbonyl (C=O) groups is 1. The molecule has 0 radical (unpaired) electrons. The van der Waals surface area contributed by atoms with Crippen LogP contribution in [-0.2, 0) is 6.42 Å². The van der Waals surface area contributed by atoms with Crippen molar-refractivity contribution >= 4 is 17.5 Å². The fourth-order valence-electron chi connectivity index (χ4n) is 3.20. The van der Waals surface area contributed by atoms with E-state index in [0.717, 1.165) is 25.0 Å². The molecule has 0 aromatic carbocycles. The standard InChI is InChI=1S/C16H23ClN2O/c1-4-13-8-12(9-15(17)18-13)16(20)19-14-6-10(2)5-11(3)7-14/h8-11,14H,4-7H2,1-3H3,(H,19,20). The summed E-state index contributed by atoms with van der Waals surface area (Å²) in [5.41, 5.74) is 1.47. The van der Waals surface area contributed by atoms with Crippen LogP contribution in [0.5, 0.6) is 0 Å². The van der Waals surface area contributed by atoms with Gasteiger partial charge in [-0.25, -0.2) is 4.98 Å². The Morgan fingerprint density at radius 1 is 1.30 bits per heavy atom. The number of carbonyl (C=O) groups excluding carboxylic acids is 1. The molecule has 1 amide bonds. The van der Waals surface area contributed by atoms with Crippen LogP contribution >= 0.6 is 11.6 Å². The van der Waals surface area contributed by atoms with Crippen LogP contribution in [0.4, 0.5) is 0 Å². The lowest BCUT2D eigenvalue weighted by molar-refractivity contribution is 0.0911. The Balaban J connectivity index is 2.06. The maximum atomic E-state index is 12.3. The Kier molecular flexibility index (Phi) is 5.03. The lowest BCUT2D eigenvalue weighted by Gasteiger charge is -2.32. The second kappa shape index (κ2) is 6.57. The smallest absolute Gasteiger partial charge is 0.251 e. The van der Waals surface area contributed by atoms with Crippen molar-refractivity contribution in [1.82, 2.24) is 10.3 Å². The molecular formula is C16H23ClN2O. The fourth-order valence-corrected chi connectivity index (χ4v) is 3.42. The zero-order valence-electron chi connectivity index (χ0n) is 12.4. The van der Waals surface area contributed by atoms with E-state index in [2.05, 4.69) is 24.1 Å². The molecule has 2 atom stereocenters. The molecule has 0 saturated heterocycles. The van der Waals surface area contributed by atoms with Crippen LogP contribution in [-0.4, -0.2) is 16.9 Å². The van der Waals surface area contributed by atoms with E-state index in [1.165, 1.54) is 6.42 Å². The van der Waals surface area contributed by atoms with Gasteiger partial charge in [-0.05, 0) is 49.7 Å². The first-order valence-electron chi connectivity index (χ1n) is 7.45. The van der Waals surface area contributed by atoms with Crippen molar-refractivity contribution in [2.75, 3.05) is 0 Å². The summed E-state index contributed by atoms with van der Waals surface area (Å²) in [5.74, 6) is 1.32. The van der Waals surface area contributed by atoms with Crippen molar-refractivity contribution in [3.05, 3.63) is 28.5 Å². The number of nitrogens with zero attached hydrogens (tertiary/aromatic N) is 1. The van der Waals surface area contributed by atoms with Crippen molar-refractivity contribution in [3.63, 3.8) is 0 Å². The Labute approximate surface area is 126 Å². The third kappa shape index (κ3) is 3.95. The summed E-state index contributed by atoms with van der Waals surface area (Å²) in [6.45, 7) is 6.52. The normalized spacial score (nSPS) is 26.3. The van der Waals surface area contributed by atoms with Crippen molar-refractivity contribution in [2.45, 2.75) is 52.5 Å². The molecule has 3 nitrogen and oxygen atoms in total. The Morgan fingerprint density at radius 2 is 1.95 bits per heavy atom. The molecular weight excluding hydrogens is 272 g/mol. The van der Waals surface area contributed by atoms with Crippen LogP contribution in [0.3, 0.4) is 0 Å². The van der Waals surface area contributed by atoms with Crippen LogP contribution in [0.25, 0.3) is 0 Å².